The van der Waals surface area contributed by atoms with Crippen molar-refractivity contribution >= 4 is 5.97 Å². The Bertz CT molecular complexity index is 631. The maximum absolute atomic E-state index is 13.7. The van der Waals surface area contributed by atoms with Gasteiger partial charge in [-0.15, -0.1) is 0 Å². The van der Waals surface area contributed by atoms with E-state index >= 15 is 0 Å². The summed E-state index contributed by atoms with van der Waals surface area (Å²) in [6, 6.07) is 0. The molecule has 0 amide bonds. The minimum Gasteiger partial charge on any atom is -0.462 e. The van der Waals surface area contributed by atoms with Gasteiger partial charge in [0.05, 0.1) is 5.41 Å². The first kappa shape index (κ1) is 17.4. The molecule has 0 aromatic heterocycles. The van der Waals surface area contributed by atoms with Gasteiger partial charge < -0.3 is 4.74 Å². The highest BCUT2D eigenvalue weighted by Gasteiger charge is 2.89. The molecule has 4 bridgehead atoms. The number of alkyl halides is 3. The van der Waals surface area contributed by atoms with Crippen LogP contribution in [0.1, 0.15) is 58.8 Å². The van der Waals surface area contributed by atoms with Gasteiger partial charge in [0, 0.05) is 6.92 Å². The highest BCUT2D eigenvalue weighted by atomic mass is 19.3. The number of esters is 1. The molecular formula is C21H29F3O2. The second kappa shape index (κ2) is 5.20. The Hall–Kier alpha value is -0.740. The van der Waals surface area contributed by atoms with Gasteiger partial charge in [0.15, 0.2) is 6.17 Å². The third-order valence-corrected chi connectivity index (χ3v) is 9.32. The van der Waals surface area contributed by atoms with E-state index in [1.54, 1.807) is 0 Å². The van der Waals surface area contributed by atoms with Crippen LogP contribution in [0, 0.1) is 46.3 Å². The molecule has 0 N–H and O–H groups in total. The summed E-state index contributed by atoms with van der Waals surface area (Å²) in [6.07, 6.45) is 5.67. The molecule has 0 saturated heterocycles. The normalized spacial score (nSPS) is 51.7. The Morgan fingerprint density at radius 3 is 2.73 bits per heavy atom. The number of carbonyl (C=O) groups excluding carboxylic acids is 1. The minimum absolute atomic E-state index is 0.0649. The summed E-state index contributed by atoms with van der Waals surface area (Å²) in [5.74, 6) is -0.241. The molecular weight excluding hydrogens is 341 g/mol. The van der Waals surface area contributed by atoms with Crippen molar-refractivity contribution in [2.24, 2.45) is 46.3 Å². The molecule has 9 atom stereocenters. The zero-order valence-electron chi connectivity index (χ0n) is 15.6. The fourth-order valence-electron chi connectivity index (χ4n) is 8.96. The number of hydrogen-bond acceptors (Lipinski definition) is 2. The molecule has 0 aromatic carbocycles. The first-order chi connectivity index (χ1) is 12.3. The van der Waals surface area contributed by atoms with E-state index in [2.05, 4.69) is 6.92 Å². The van der Waals surface area contributed by atoms with Crippen LogP contribution < -0.4 is 0 Å². The first-order valence-electron chi connectivity index (χ1n) is 10.5. The van der Waals surface area contributed by atoms with Crippen LogP contribution in [-0.4, -0.2) is 24.7 Å². The summed E-state index contributed by atoms with van der Waals surface area (Å²) in [7, 11) is 0. The molecule has 146 valence electrons. The Morgan fingerprint density at radius 1 is 1.27 bits per heavy atom. The van der Waals surface area contributed by atoms with Gasteiger partial charge in [0.1, 0.15) is 6.61 Å². The van der Waals surface area contributed by atoms with E-state index in [0.29, 0.717) is 30.6 Å². The summed E-state index contributed by atoms with van der Waals surface area (Å²) < 4.78 is 45.2. The number of halogens is 3. The summed E-state index contributed by atoms with van der Waals surface area (Å²) in [6.45, 7) is 1.87. The van der Waals surface area contributed by atoms with E-state index in [-0.39, 0.29) is 11.4 Å². The van der Waals surface area contributed by atoms with Crippen LogP contribution in [0.15, 0.2) is 0 Å². The summed E-state index contributed by atoms with van der Waals surface area (Å²) >= 11 is 0. The second-order valence-electron chi connectivity index (χ2n) is 9.90. The number of fused-ring (bicyclic) bond motifs is 2. The topological polar surface area (TPSA) is 26.3 Å². The van der Waals surface area contributed by atoms with E-state index < -0.39 is 24.1 Å². The van der Waals surface area contributed by atoms with Crippen LogP contribution >= 0.6 is 0 Å². The molecule has 6 fully saturated rings. The van der Waals surface area contributed by atoms with Gasteiger partial charge in [-0.3, -0.25) is 4.79 Å². The molecule has 0 aromatic rings. The van der Waals surface area contributed by atoms with E-state index in [0.717, 1.165) is 24.7 Å². The van der Waals surface area contributed by atoms with Crippen molar-refractivity contribution in [2.75, 3.05) is 6.61 Å². The standard InChI is InChI=1S/C21H29F3O2/c1-3-14-17-11-5-4-6-15-12(7-11)8-13-9-20(14,21(13,15)17)18(25)26-10-16(22)19(2,23)24/h11-17H,3-10H2,1-2H3. The number of rotatable bonds is 5. The lowest BCUT2D eigenvalue weighted by Gasteiger charge is -2.80. The van der Waals surface area contributed by atoms with Crippen LogP contribution in [0.4, 0.5) is 13.2 Å². The molecule has 9 unspecified atom stereocenters. The van der Waals surface area contributed by atoms with Gasteiger partial charge in [0.25, 0.3) is 5.92 Å². The Balaban J connectivity index is 1.45. The quantitative estimate of drug-likeness (QED) is 0.636. The van der Waals surface area contributed by atoms with Crippen molar-refractivity contribution in [3.05, 3.63) is 0 Å². The highest BCUT2D eigenvalue weighted by molar-refractivity contribution is 5.83. The lowest BCUT2D eigenvalue weighted by atomic mass is 9.22. The first-order valence-corrected chi connectivity index (χ1v) is 10.5. The zero-order valence-corrected chi connectivity index (χ0v) is 15.6. The Kier molecular flexibility index (Phi) is 3.47. The van der Waals surface area contributed by atoms with Crippen LogP contribution in [0.3, 0.4) is 0 Å². The van der Waals surface area contributed by atoms with Crippen LogP contribution in [0.25, 0.3) is 0 Å². The van der Waals surface area contributed by atoms with Gasteiger partial charge >= 0.3 is 5.97 Å². The molecule has 2 nitrogen and oxygen atoms in total. The Morgan fingerprint density at radius 2 is 2.04 bits per heavy atom. The molecule has 6 aliphatic rings. The number of hydrogen-bond donors (Lipinski definition) is 0. The number of ether oxygens (including phenoxy) is 1. The molecule has 0 radical (unpaired) electrons. The average Bonchev–Trinajstić information content (AvgIpc) is 2.70. The third-order valence-electron chi connectivity index (χ3n) is 9.32. The van der Waals surface area contributed by atoms with E-state index in [1.807, 2.05) is 0 Å². The lowest BCUT2D eigenvalue weighted by Crippen LogP contribution is -2.81. The maximum Gasteiger partial charge on any atom is 0.313 e. The molecule has 5 heteroatoms. The predicted octanol–water partition coefficient (Wildman–Crippen LogP) is 5.01. The summed E-state index contributed by atoms with van der Waals surface area (Å²) in [4.78, 5) is 13.2. The van der Waals surface area contributed by atoms with Crippen molar-refractivity contribution in [3.8, 4) is 0 Å². The molecule has 26 heavy (non-hydrogen) atoms. The summed E-state index contributed by atoms with van der Waals surface area (Å²) in [5.41, 5.74) is -0.433. The van der Waals surface area contributed by atoms with E-state index in [4.69, 9.17) is 4.74 Å². The van der Waals surface area contributed by atoms with Crippen molar-refractivity contribution in [1.82, 2.24) is 0 Å². The minimum atomic E-state index is -3.47. The second-order valence-corrected chi connectivity index (χ2v) is 9.90. The highest BCUT2D eigenvalue weighted by Crippen LogP contribution is 2.91. The largest absolute Gasteiger partial charge is 0.462 e. The SMILES string of the molecule is CCC1C2C3CCCC4C(C3)CC3CC1(C(=O)OCC(F)C(C)(F)F)C342. The monoisotopic (exact) mass is 370 g/mol. The predicted molar refractivity (Wildman–Crippen MR) is 90.3 cm³/mol. The van der Waals surface area contributed by atoms with Gasteiger partial charge in [-0.2, -0.15) is 0 Å². The van der Waals surface area contributed by atoms with E-state index in [1.165, 1.54) is 32.1 Å². The molecule has 6 rings (SSSR count). The fourth-order valence-corrected chi connectivity index (χ4v) is 8.96. The van der Waals surface area contributed by atoms with Gasteiger partial charge in [-0.1, -0.05) is 26.2 Å². The molecule has 0 heterocycles. The van der Waals surface area contributed by atoms with Gasteiger partial charge in [-0.25, -0.2) is 13.2 Å². The van der Waals surface area contributed by atoms with Crippen molar-refractivity contribution < 1.29 is 22.7 Å². The molecule has 6 aliphatic carbocycles. The van der Waals surface area contributed by atoms with E-state index in [9.17, 15) is 18.0 Å². The zero-order chi connectivity index (χ0) is 18.5. The van der Waals surface area contributed by atoms with Crippen LogP contribution in [0.5, 0.6) is 0 Å². The molecule has 1 spiro atoms. The van der Waals surface area contributed by atoms with Gasteiger partial charge in [0.2, 0.25) is 0 Å². The fraction of sp³-hybridized carbons (Fsp3) is 0.952. The van der Waals surface area contributed by atoms with Crippen molar-refractivity contribution in [3.63, 3.8) is 0 Å². The smallest absolute Gasteiger partial charge is 0.313 e. The number of carbonyl (C=O) groups is 1. The Labute approximate surface area is 153 Å². The maximum atomic E-state index is 13.7. The third kappa shape index (κ3) is 1.70. The summed E-state index contributed by atoms with van der Waals surface area (Å²) in [5, 5.41) is 0. The average molecular weight is 370 g/mol. The van der Waals surface area contributed by atoms with Crippen LogP contribution in [0.2, 0.25) is 0 Å². The van der Waals surface area contributed by atoms with Crippen LogP contribution in [-0.2, 0) is 9.53 Å². The molecule has 0 aliphatic heterocycles. The van der Waals surface area contributed by atoms with Crippen molar-refractivity contribution in [1.29, 1.82) is 0 Å². The van der Waals surface area contributed by atoms with Crippen molar-refractivity contribution in [2.45, 2.75) is 70.9 Å². The van der Waals surface area contributed by atoms with Gasteiger partial charge in [-0.05, 0) is 66.6 Å². The lowest BCUT2D eigenvalue weighted by molar-refractivity contribution is -0.343. The molecule has 6 saturated carbocycles.